The molecule has 0 spiro atoms. The minimum Gasteiger partial charge on any atom is -0.478 e. The average molecular weight is 291 g/mol. The molecule has 0 unspecified atom stereocenters. The highest BCUT2D eigenvalue weighted by Crippen LogP contribution is 2.28. The molecule has 1 aliphatic carbocycles. The second-order valence-corrected chi connectivity index (χ2v) is 4.76. The number of carboxylic acids is 1. The Kier molecular flexibility index (Phi) is 4.38. The molecule has 2 N–H and O–H groups in total. The number of carbonyl (C=O) groups is 2. The lowest BCUT2D eigenvalue weighted by Crippen LogP contribution is -2.37. The van der Waals surface area contributed by atoms with E-state index in [9.17, 15) is 14.0 Å². The first-order valence-electron chi connectivity index (χ1n) is 6.50. The summed E-state index contributed by atoms with van der Waals surface area (Å²) in [6.45, 7) is 0.269. The number of aromatic carboxylic acids is 1. The van der Waals surface area contributed by atoms with E-state index in [1.165, 1.54) is 4.90 Å². The van der Waals surface area contributed by atoms with E-state index >= 15 is 0 Å². The van der Waals surface area contributed by atoms with Crippen molar-refractivity contribution in [3.63, 3.8) is 0 Å². The van der Waals surface area contributed by atoms with Gasteiger partial charge >= 0.3 is 12.0 Å². The first-order chi connectivity index (χ1) is 10.0. The third kappa shape index (κ3) is 3.69. The standard InChI is InChI=1S/C14H14FN3O3/c15-9-2-5-11(13(19)20)12(8-9)17-14(21)18(7-1-6-16)10-3-4-10/h2,5,8,10H,1,3-4,7H2,(H,17,21)(H,19,20). The summed E-state index contributed by atoms with van der Waals surface area (Å²) in [5, 5.41) is 20.1. The first-order valence-corrected chi connectivity index (χ1v) is 6.50. The van der Waals surface area contributed by atoms with Crippen LogP contribution < -0.4 is 5.32 Å². The summed E-state index contributed by atoms with van der Waals surface area (Å²) in [5.41, 5.74) is -0.268. The maximum atomic E-state index is 13.2. The molecule has 21 heavy (non-hydrogen) atoms. The fourth-order valence-electron chi connectivity index (χ4n) is 2.00. The quantitative estimate of drug-likeness (QED) is 0.871. The highest BCUT2D eigenvalue weighted by atomic mass is 19.1. The molecule has 0 aromatic heterocycles. The van der Waals surface area contributed by atoms with Gasteiger partial charge in [-0.3, -0.25) is 0 Å². The van der Waals surface area contributed by atoms with Crippen molar-refractivity contribution in [2.75, 3.05) is 11.9 Å². The molecule has 1 aliphatic rings. The SMILES string of the molecule is N#CCCN(C(=O)Nc1cc(F)ccc1C(=O)O)C1CC1. The number of carbonyl (C=O) groups excluding carboxylic acids is 1. The summed E-state index contributed by atoms with van der Waals surface area (Å²) in [7, 11) is 0. The molecule has 0 aliphatic heterocycles. The normalized spacial score (nSPS) is 13.3. The van der Waals surface area contributed by atoms with Crippen LogP contribution >= 0.6 is 0 Å². The van der Waals surface area contributed by atoms with Crippen LogP contribution in [0.5, 0.6) is 0 Å². The highest BCUT2D eigenvalue weighted by molar-refractivity contribution is 6.00. The number of nitriles is 1. The zero-order valence-electron chi connectivity index (χ0n) is 11.2. The molecule has 0 bridgehead atoms. The Morgan fingerprint density at radius 2 is 2.19 bits per heavy atom. The van der Waals surface area contributed by atoms with Gasteiger partial charge in [-0.2, -0.15) is 5.26 Å². The summed E-state index contributed by atoms with van der Waals surface area (Å²) in [6, 6.07) is 4.61. The zero-order chi connectivity index (χ0) is 15.4. The lowest BCUT2D eigenvalue weighted by atomic mass is 10.1. The molecule has 0 radical (unpaired) electrons. The number of carboxylic acid groups (broad SMARTS) is 1. The minimum atomic E-state index is -1.25. The van der Waals surface area contributed by atoms with Gasteiger partial charge in [0.25, 0.3) is 0 Å². The molecular weight excluding hydrogens is 277 g/mol. The highest BCUT2D eigenvalue weighted by Gasteiger charge is 2.32. The molecule has 2 rings (SSSR count). The number of amides is 2. The average Bonchev–Trinajstić information content (AvgIpc) is 3.23. The van der Waals surface area contributed by atoms with Crippen LogP contribution in [0, 0.1) is 17.1 Å². The van der Waals surface area contributed by atoms with Crippen LogP contribution in [-0.2, 0) is 0 Å². The van der Waals surface area contributed by atoms with Gasteiger partial charge in [0.2, 0.25) is 0 Å². The Hall–Kier alpha value is -2.62. The van der Waals surface area contributed by atoms with Crippen molar-refractivity contribution in [3.05, 3.63) is 29.6 Å². The lowest BCUT2D eigenvalue weighted by molar-refractivity contribution is 0.0698. The van der Waals surface area contributed by atoms with Crippen LogP contribution in [-0.4, -0.2) is 34.6 Å². The van der Waals surface area contributed by atoms with Crippen LogP contribution in [0.4, 0.5) is 14.9 Å². The van der Waals surface area contributed by atoms with Crippen LogP contribution in [0.1, 0.15) is 29.6 Å². The van der Waals surface area contributed by atoms with Crippen molar-refractivity contribution in [2.45, 2.75) is 25.3 Å². The second kappa shape index (κ2) is 6.22. The van der Waals surface area contributed by atoms with Gasteiger partial charge in [-0.1, -0.05) is 0 Å². The van der Waals surface area contributed by atoms with E-state index < -0.39 is 17.8 Å². The fraction of sp³-hybridized carbons (Fsp3) is 0.357. The van der Waals surface area contributed by atoms with Crippen molar-refractivity contribution in [1.29, 1.82) is 5.26 Å². The second-order valence-electron chi connectivity index (χ2n) is 4.76. The van der Waals surface area contributed by atoms with Gasteiger partial charge in [0, 0.05) is 12.6 Å². The van der Waals surface area contributed by atoms with Gasteiger partial charge in [0.1, 0.15) is 5.82 Å². The van der Waals surface area contributed by atoms with Crippen molar-refractivity contribution in [1.82, 2.24) is 4.90 Å². The largest absolute Gasteiger partial charge is 0.478 e. The molecule has 1 fully saturated rings. The molecule has 0 atom stereocenters. The summed E-state index contributed by atoms with van der Waals surface area (Å²) < 4.78 is 13.2. The Labute approximate surface area is 120 Å². The number of nitrogens with zero attached hydrogens (tertiary/aromatic N) is 2. The van der Waals surface area contributed by atoms with E-state index in [4.69, 9.17) is 10.4 Å². The maximum absolute atomic E-state index is 13.2. The molecule has 110 valence electrons. The Morgan fingerprint density at radius 3 is 2.76 bits per heavy atom. The van der Waals surface area contributed by atoms with Crippen molar-refractivity contribution in [3.8, 4) is 6.07 Å². The van der Waals surface area contributed by atoms with Crippen molar-refractivity contribution < 1.29 is 19.1 Å². The van der Waals surface area contributed by atoms with Crippen LogP contribution in [0.15, 0.2) is 18.2 Å². The number of halogens is 1. The molecule has 6 nitrogen and oxygen atoms in total. The van der Waals surface area contributed by atoms with E-state index in [-0.39, 0.29) is 30.3 Å². The van der Waals surface area contributed by atoms with Gasteiger partial charge < -0.3 is 15.3 Å². The van der Waals surface area contributed by atoms with E-state index in [2.05, 4.69) is 5.32 Å². The molecule has 0 heterocycles. The monoisotopic (exact) mass is 291 g/mol. The van der Waals surface area contributed by atoms with Gasteiger partial charge in [-0.15, -0.1) is 0 Å². The predicted molar refractivity (Wildman–Crippen MR) is 72.3 cm³/mol. The number of urea groups is 1. The number of benzene rings is 1. The summed E-state index contributed by atoms with van der Waals surface area (Å²) >= 11 is 0. The zero-order valence-corrected chi connectivity index (χ0v) is 11.2. The third-order valence-corrected chi connectivity index (χ3v) is 3.17. The molecule has 1 saturated carbocycles. The Bertz CT molecular complexity index is 608. The predicted octanol–water partition coefficient (Wildman–Crippen LogP) is 2.43. The number of hydrogen-bond donors (Lipinski definition) is 2. The van der Waals surface area contributed by atoms with E-state index in [1.807, 2.05) is 6.07 Å². The molecule has 2 amide bonds. The van der Waals surface area contributed by atoms with Crippen molar-refractivity contribution in [2.24, 2.45) is 0 Å². The third-order valence-electron chi connectivity index (χ3n) is 3.17. The summed E-state index contributed by atoms with van der Waals surface area (Å²) in [5.74, 6) is -1.88. The Balaban J connectivity index is 2.16. The summed E-state index contributed by atoms with van der Waals surface area (Å²) in [4.78, 5) is 24.7. The van der Waals surface area contributed by atoms with E-state index in [0.29, 0.717) is 0 Å². The minimum absolute atomic E-state index is 0.0696. The Morgan fingerprint density at radius 1 is 1.48 bits per heavy atom. The number of hydrogen-bond acceptors (Lipinski definition) is 3. The number of nitrogens with one attached hydrogen (secondary N) is 1. The molecule has 1 aromatic carbocycles. The van der Waals surface area contributed by atoms with Gasteiger partial charge in [-0.25, -0.2) is 14.0 Å². The first kappa shape index (κ1) is 14.8. The topological polar surface area (TPSA) is 93.4 Å². The van der Waals surface area contributed by atoms with Crippen LogP contribution in [0.25, 0.3) is 0 Å². The van der Waals surface area contributed by atoms with Gasteiger partial charge in [0.05, 0.1) is 23.7 Å². The molecule has 1 aromatic rings. The van der Waals surface area contributed by atoms with E-state index in [1.54, 1.807) is 0 Å². The van der Waals surface area contributed by atoms with Crippen LogP contribution in [0.2, 0.25) is 0 Å². The fourth-order valence-corrected chi connectivity index (χ4v) is 2.00. The number of rotatable bonds is 5. The lowest BCUT2D eigenvalue weighted by Gasteiger charge is -2.22. The van der Waals surface area contributed by atoms with Crippen LogP contribution in [0.3, 0.4) is 0 Å². The molecule has 7 heteroatoms. The van der Waals surface area contributed by atoms with Gasteiger partial charge in [0.15, 0.2) is 0 Å². The molecular formula is C14H14FN3O3. The smallest absolute Gasteiger partial charge is 0.337 e. The summed E-state index contributed by atoms with van der Waals surface area (Å²) in [6.07, 6.45) is 1.90. The van der Waals surface area contributed by atoms with E-state index in [0.717, 1.165) is 31.0 Å². The number of anilines is 1. The molecule has 0 saturated heterocycles. The van der Waals surface area contributed by atoms with Gasteiger partial charge in [-0.05, 0) is 31.0 Å². The maximum Gasteiger partial charge on any atom is 0.337 e. The van der Waals surface area contributed by atoms with Crippen molar-refractivity contribution >= 4 is 17.7 Å².